The maximum Gasteiger partial charge on any atom is 0.410 e. The number of carbonyl (C=O) groups is 5. The minimum Gasteiger partial charge on any atom is -0.477 e. The number of nitro groups is 1. The van der Waals surface area contributed by atoms with Gasteiger partial charge in [-0.15, -0.1) is 0 Å². The summed E-state index contributed by atoms with van der Waals surface area (Å²) in [7, 11) is 0. The molecule has 0 aliphatic carbocycles. The van der Waals surface area contributed by atoms with Crippen molar-refractivity contribution in [3.63, 3.8) is 0 Å². The van der Waals surface area contributed by atoms with Gasteiger partial charge in [-0.1, -0.05) is 30.3 Å². The lowest BCUT2D eigenvalue weighted by molar-refractivity contribution is -0.384. The highest BCUT2D eigenvalue weighted by molar-refractivity contribution is 5.85. The number of pyridine rings is 1. The number of ether oxygens (including phenoxy) is 3. The molecule has 5 unspecified atom stereocenters. The third-order valence-electron chi connectivity index (χ3n) is 13.5. The zero-order valence-corrected chi connectivity index (χ0v) is 47.3. The number of carboxylic acid groups (broad SMARTS) is 1. The van der Waals surface area contributed by atoms with Crippen molar-refractivity contribution in [3.8, 4) is 0 Å². The quantitative estimate of drug-likeness (QED) is 0.0670. The van der Waals surface area contributed by atoms with E-state index in [1.807, 2.05) is 102 Å². The number of nitrogen functional groups attached to an aromatic ring is 1. The number of nitrogens with zero attached hydrogens (tertiary/aromatic N) is 6. The van der Waals surface area contributed by atoms with Crippen LogP contribution in [0.1, 0.15) is 159 Å². The molecule has 4 amide bonds. The molecule has 0 radical (unpaired) electrons. The molecule has 1 aromatic heterocycles. The smallest absolute Gasteiger partial charge is 0.410 e. The van der Waals surface area contributed by atoms with Gasteiger partial charge in [0.15, 0.2) is 0 Å². The molecular weight excluding hydrogens is 1000 g/mol. The van der Waals surface area contributed by atoms with Crippen molar-refractivity contribution in [1.29, 1.82) is 0 Å². The third kappa shape index (κ3) is 20.3. The fraction of sp³-hybridized carbons (Fsp3) is 0.614. The molecule has 3 aromatic rings. The summed E-state index contributed by atoms with van der Waals surface area (Å²) in [5.74, 6) is -0.626. The normalized spacial score (nSPS) is 21.9. The Morgan fingerprint density at radius 2 is 1.21 bits per heavy atom. The molecule has 8 rings (SSSR count). The fourth-order valence-corrected chi connectivity index (χ4v) is 9.80. The zero-order chi connectivity index (χ0) is 57.4. The monoisotopic (exact) mass is 1090 g/mol. The lowest BCUT2D eigenvalue weighted by Gasteiger charge is -2.42. The second kappa shape index (κ2) is 28.3. The highest BCUT2D eigenvalue weighted by Crippen LogP contribution is 2.30. The average Bonchev–Trinajstić information content (AvgIpc) is 3.39. The first-order valence-corrected chi connectivity index (χ1v) is 27.4. The lowest BCUT2D eigenvalue weighted by atomic mass is 9.90. The zero-order valence-electron chi connectivity index (χ0n) is 47.3. The summed E-state index contributed by atoms with van der Waals surface area (Å²) in [6.07, 6.45) is 6.51. The van der Waals surface area contributed by atoms with Crippen LogP contribution >= 0.6 is 0 Å². The standard InChI is InChI=1S/C16H22N2O4.C16H24N2O2.C15H27N3O3.C10H13N3O2/c1-16(2,3)22-15(21)18-9-5-6-11(10-18)12-7-4-8-13(17-12)14(19)20;1-16(2,3)20-15(19)18-9-5-7-13(11-18)12-6-4-8-14(17)10-12;1-15(2,3)21-14(20)17-8-4-6-11(10-17)18-9-5-7-12(16)13(18)19;14-13(15)9-3-1-2-8(6-9)10-7-11-4-5-12-10/h4,7-8,11H,5-6,9-10H2,1-3H3,(H,19,20);4,6,8,10,13H,5,7,9,11,17H2,1-3H3;11-12H,4-10,16H2,1-3H3;1-3,6,10-12H,4-5,7H2. The number of carboxylic acids is 1. The highest BCUT2D eigenvalue weighted by atomic mass is 16.6. The van der Waals surface area contributed by atoms with Crippen LogP contribution in [0.25, 0.3) is 0 Å². The van der Waals surface area contributed by atoms with Crippen LogP contribution in [0.4, 0.5) is 25.8 Å². The number of benzene rings is 2. The van der Waals surface area contributed by atoms with Crippen LogP contribution < -0.4 is 22.1 Å². The molecule has 5 aliphatic heterocycles. The van der Waals surface area contributed by atoms with Crippen molar-refractivity contribution in [2.75, 3.05) is 71.2 Å². The maximum absolute atomic E-state index is 12.2. The molecule has 2 aromatic carbocycles. The van der Waals surface area contributed by atoms with Crippen molar-refractivity contribution in [3.05, 3.63) is 99.4 Å². The largest absolute Gasteiger partial charge is 0.477 e. The summed E-state index contributed by atoms with van der Waals surface area (Å²) in [6, 6.07) is 19.6. The van der Waals surface area contributed by atoms with Crippen LogP contribution in [0.15, 0.2) is 66.7 Å². The Morgan fingerprint density at radius 1 is 0.679 bits per heavy atom. The molecule has 21 nitrogen and oxygen atoms in total. The molecule has 0 bridgehead atoms. The van der Waals surface area contributed by atoms with Gasteiger partial charge in [0, 0.05) is 113 Å². The first kappa shape index (κ1) is 62.3. The number of piperidine rings is 4. The van der Waals surface area contributed by atoms with E-state index in [9.17, 15) is 34.1 Å². The Labute approximate surface area is 460 Å². The van der Waals surface area contributed by atoms with Gasteiger partial charge in [-0.25, -0.2) is 24.2 Å². The van der Waals surface area contributed by atoms with Gasteiger partial charge in [0.1, 0.15) is 22.5 Å². The van der Waals surface area contributed by atoms with Crippen LogP contribution in [-0.4, -0.2) is 159 Å². The van der Waals surface area contributed by atoms with Gasteiger partial charge >= 0.3 is 24.2 Å². The number of carbonyl (C=O) groups excluding carboxylic acids is 4. The Bertz CT molecular complexity index is 2490. The van der Waals surface area contributed by atoms with Crippen molar-refractivity contribution in [1.82, 2.24) is 35.2 Å². The summed E-state index contributed by atoms with van der Waals surface area (Å²) in [5.41, 5.74) is 14.1. The number of rotatable bonds is 6. The van der Waals surface area contributed by atoms with E-state index < -0.39 is 22.8 Å². The molecule has 5 aliphatic rings. The van der Waals surface area contributed by atoms with E-state index in [0.29, 0.717) is 44.3 Å². The van der Waals surface area contributed by atoms with Gasteiger partial charge in [-0.2, -0.15) is 0 Å². The number of hydrogen-bond donors (Lipinski definition) is 5. The van der Waals surface area contributed by atoms with Crippen molar-refractivity contribution in [2.45, 2.75) is 160 Å². The number of anilines is 1. The number of hydrogen-bond acceptors (Lipinski definition) is 15. The molecule has 430 valence electrons. The number of nitro benzene ring substituents is 1. The van der Waals surface area contributed by atoms with Crippen LogP contribution in [0.5, 0.6) is 0 Å². The minimum absolute atomic E-state index is 0.0253. The van der Waals surface area contributed by atoms with Gasteiger partial charge in [0.05, 0.1) is 11.0 Å². The number of nitrogens with two attached hydrogens (primary N) is 2. The van der Waals surface area contributed by atoms with Crippen LogP contribution in [0.2, 0.25) is 0 Å². The van der Waals surface area contributed by atoms with E-state index >= 15 is 0 Å². The van der Waals surface area contributed by atoms with Gasteiger partial charge in [-0.3, -0.25) is 14.9 Å². The van der Waals surface area contributed by atoms with E-state index in [-0.39, 0.29) is 64.5 Å². The summed E-state index contributed by atoms with van der Waals surface area (Å²) >= 11 is 0. The third-order valence-corrected chi connectivity index (χ3v) is 13.5. The molecule has 7 N–H and O–H groups in total. The van der Waals surface area contributed by atoms with E-state index in [0.717, 1.165) is 95.3 Å². The summed E-state index contributed by atoms with van der Waals surface area (Å²) in [4.78, 5) is 81.2. The van der Waals surface area contributed by atoms with Gasteiger partial charge in [-0.05, 0) is 149 Å². The molecule has 78 heavy (non-hydrogen) atoms. The molecule has 5 fully saturated rings. The van der Waals surface area contributed by atoms with Gasteiger partial charge < -0.3 is 61.0 Å². The van der Waals surface area contributed by atoms with Crippen LogP contribution in [-0.2, 0) is 19.0 Å². The first-order valence-electron chi connectivity index (χ1n) is 27.4. The summed E-state index contributed by atoms with van der Waals surface area (Å²) < 4.78 is 16.3. The van der Waals surface area contributed by atoms with Crippen LogP contribution in [0.3, 0.4) is 0 Å². The molecule has 6 heterocycles. The Morgan fingerprint density at radius 3 is 1.76 bits per heavy atom. The summed E-state index contributed by atoms with van der Waals surface area (Å²) in [5, 5.41) is 26.2. The number of nitrogens with one attached hydrogen (secondary N) is 2. The van der Waals surface area contributed by atoms with Crippen molar-refractivity contribution in [2.24, 2.45) is 5.73 Å². The Balaban J connectivity index is 0.000000193. The average molecular weight is 1090 g/mol. The van der Waals surface area contributed by atoms with E-state index in [2.05, 4.69) is 21.7 Å². The van der Waals surface area contributed by atoms with Gasteiger partial charge in [0.2, 0.25) is 5.91 Å². The van der Waals surface area contributed by atoms with Gasteiger partial charge in [0.25, 0.3) is 5.69 Å². The number of non-ortho nitro benzene ring substituents is 1. The second-order valence-corrected chi connectivity index (χ2v) is 23.5. The number of likely N-dealkylation sites (tertiary alicyclic amines) is 4. The predicted octanol–water partition coefficient (Wildman–Crippen LogP) is 8.44. The maximum atomic E-state index is 12.2. The lowest BCUT2D eigenvalue weighted by Crippen LogP contribution is -2.57. The highest BCUT2D eigenvalue weighted by Gasteiger charge is 2.36. The topological polar surface area (TPSA) is 278 Å². The SMILES string of the molecule is CC(C)(C)OC(=O)N1CCCC(N2CCCC(N)C2=O)C1.CC(C)(C)OC(=O)N1CCCC(c2cccc(C(=O)O)n2)C1.CC(C)(C)OC(=O)N1CCCC(c2cccc(N)c2)C1.O=[N+]([O-])c1cccc(C2CNCCN2)c1. The summed E-state index contributed by atoms with van der Waals surface area (Å²) in [6.45, 7) is 24.1. The molecule has 21 heteroatoms. The van der Waals surface area contributed by atoms with Crippen molar-refractivity contribution < 1.29 is 48.2 Å². The molecule has 5 atom stereocenters. The van der Waals surface area contributed by atoms with E-state index in [1.165, 1.54) is 17.7 Å². The number of aromatic nitrogens is 1. The molecule has 5 saturated heterocycles. The number of piperazine rings is 1. The van der Waals surface area contributed by atoms with E-state index in [4.69, 9.17) is 30.8 Å². The van der Waals surface area contributed by atoms with E-state index in [1.54, 1.807) is 28.0 Å². The molecule has 0 saturated carbocycles. The van der Waals surface area contributed by atoms with Crippen LogP contribution in [0, 0.1) is 10.1 Å². The Hall–Kier alpha value is -6.58. The number of amides is 4. The fourth-order valence-electron chi connectivity index (χ4n) is 9.80. The molecular formula is C57H86N10O11. The molecule has 0 spiro atoms. The Kier molecular flexibility index (Phi) is 22.6. The number of aromatic carboxylic acids is 1. The predicted molar refractivity (Wildman–Crippen MR) is 298 cm³/mol. The first-order chi connectivity index (χ1) is 36.7. The van der Waals surface area contributed by atoms with Crippen molar-refractivity contribution >= 4 is 41.5 Å². The minimum atomic E-state index is -1.04. The second-order valence-electron chi connectivity index (χ2n) is 23.5.